The Balaban J connectivity index is 1.51. The molecule has 1 heterocycles. The maximum absolute atomic E-state index is 13.7. The number of nitrogens with one attached hydrogen (secondary N) is 1. The molecule has 0 radical (unpaired) electrons. The van der Waals surface area contributed by atoms with E-state index in [1.165, 1.54) is 17.7 Å². The summed E-state index contributed by atoms with van der Waals surface area (Å²) in [4.78, 5) is 4.33. The van der Waals surface area contributed by atoms with Gasteiger partial charge in [0.05, 0.1) is 5.69 Å². The van der Waals surface area contributed by atoms with E-state index in [0.29, 0.717) is 5.11 Å². The maximum atomic E-state index is 13.7. The molecule has 0 bridgehead atoms. The van der Waals surface area contributed by atoms with Crippen LogP contribution in [0.4, 0.5) is 14.5 Å². The third kappa shape index (κ3) is 4.87. The Labute approximate surface area is 156 Å². The van der Waals surface area contributed by atoms with Crippen molar-refractivity contribution in [3.05, 3.63) is 64.7 Å². The minimum Gasteiger partial charge on any atom is -0.346 e. The lowest BCUT2D eigenvalue weighted by Crippen LogP contribution is -2.49. The minimum atomic E-state index is -0.649. The Bertz CT molecular complexity index is 746. The molecule has 1 fully saturated rings. The molecule has 132 valence electrons. The Kier molecular flexibility index (Phi) is 5.83. The summed E-state index contributed by atoms with van der Waals surface area (Å²) >= 11 is 11.3. The second-order valence-corrected chi connectivity index (χ2v) is 6.77. The van der Waals surface area contributed by atoms with Crippen molar-refractivity contribution < 1.29 is 8.78 Å². The SMILES string of the molecule is Fc1ccc(NC(=S)N2CCN(Cc3ccc(Cl)cc3)CC2)c(F)c1. The summed E-state index contributed by atoms with van der Waals surface area (Å²) in [6.45, 7) is 4.08. The zero-order valence-electron chi connectivity index (χ0n) is 13.5. The Morgan fingerprint density at radius 1 is 1.04 bits per heavy atom. The van der Waals surface area contributed by atoms with Gasteiger partial charge < -0.3 is 10.2 Å². The first-order valence-electron chi connectivity index (χ1n) is 7.99. The summed E-state index contributed by atoms with van der Waals surface area (Å²) < 4.78 is 26.7. The predicted molar refractivity (Wildman–Crippen MR) is 101 cm³/mol. The molecule has 1 saturated heterocycles. The van der Waals surface area contributed by atoms with E-state index in [1.807, 2.05) is 29.2 Å². The number of piperazine rings is 1. The molecule has 0 unspecified atom stereocenters. The summed E-state index contributed by atoms with van der Waals surface area (Å²) in [5.74, 6) is -1.26. The molecule has 1 aliphatic rings. The quantitative estimate of drug-likeness (QED) is 0.805. The number of hydrogen-bond acceptors (Lipinski definition) is 2. The monoisotopic (exact) mass is 381 g/mol. The van der Waals surface area contributed by atoms with E-state index in [9.17, 15) is 8.78 Å². The van der Waals surface area contributed by atoms with Crippen LogP contribution < -0.4 is 5.32 Å². The Morgan fingerprint density at radius 2 is 1.72 bits per heavy atom. The van der Waals surface area contributed by atoms with Gasteiger partial charge in [-0.2, -0.15) is 0 Å². The van der Waals surface area contributed by atoms with Crippen molar-refractivity contribution in [3.8, 4) is 0 Å². The summed E-state index contributed by atoms with van der Waals surface area (Å²) in [6.07, 6.45) is 0. The van der Waals surface area contributed by atoms with Crippen LogP contribution in [0.5, 0.6) is 0 Å². The highest BCUT2D eigenvalue weighted by Crippen LogP contribution is 2.17. The topological polar surface area (TPSA) is 18.5 Å². The summed E-state index contributed by atoms with van der Waals surface area (Å²) in [5, 5.41) is 4.05. The maximum Gasteiger partial charge on any atom is 0.173 e. The molecule has 1 N–H and O–H groups in total. The van der Waals surface area contributed by atoms with Crippen LogP contribution in [-0.4, -0.2) is 41.1 Å². The lowest BCUT2D eigenvalue weighted by molar-refractivity contribution is 0.177. The number of benzene rings is 2. The zero-order chi connectivity index (χ0) is 17.8. The van der Waals surface area contributed by atoms with Gasteiger partial charge in [0, 0.05) is 43.8 Å². The third-order valence-electron chi connectivity index (χ3n) is 4.15. The van der Waals surface area contributed by atoms with Gasteiger partial charge in [-0.05, 0) is 42.0 Å². The molecular weight excluding hydrogens is 364 g/mol. The molecule has 1 aliphatic heterocycles. The second kappa shape index (κ2) is 8.08. The zero-order valence-corrected chi connectivity index (χ0v) is 15.1. The fourth-order valence-electron chi connectivity index (χ4n) is 2.74. The lowest BCUT2D eigenvalue weighted by atomic mass is 10.2. The molecule has 0 spiro atoms. The molecule has 2 aromatic rings. The first-order valence-corrected chi connectivity index (χ1v) is 8.77. The Hall–Kier alpha value is -1.76. The van der Waals surface area contributed by atoms with Gasteiger partial charge in [-0.1, -0.05) is 23.7 Å². The molecule has 0 saturated carbocycles. The van der Waals surface area contributed by atoms with Crippen LogP contribution in [-0.2, 0) is 6.54 Å². The van der Waals surface area contributed by atoms with E-state index in [4.69, 9.17) is 23.8 Å². The number of anilines is 1. The molecule has 0 amide bonds. The summed E-state index contributed by atoms with van der Waals surface area (Å²) in [6, 6.07) is 11.2. The van der Waals surface area contributed by atoms with Crippen molar-refractivity contribution in [2.45, 2.75) is 6.54 Å². The molecule has 2 aromatic carbocycles. The summed E-state index contributed by atoms with van der Waals surface area (Å²) in [5.41, 5.74) is 1.40. The second-order valence-electron chi connectivity index (χ2n) is 5.94. The van der Waals surface area contributed by atoms with Gasteiger partial charge in [-0.15, -0.1) is 0 Å². The molecular formula is C18H18ClF2N3S. The normalized spacial score (nSPS) is 15.2. The number of thiocarbonyl (C=S) groups is 1. The highest BCUT2D eigenvalue weighted by Gasteiger charge is 2.19. The van der Waals surface area contributed by atoms with Crippen LogP contribution in [0.3, 0.4) is 0 Å². The van der Waals surface area contributed by atoms with Gasteiger partial charge in [0.1, 0.15) is 11.6 Å². The van der Waals surface area contributed by atoms with Crippen LogP contribution in [0.1, 0.15) is 5.56 Å². The predicted octanol–water partition coefficient (Wildman–Crippen LogP) is 4.13. The van der Waals surface area contributed by atoms with Crippen LogP contribution in [0, 0.1) is 11.6 Å². The molecule has 0 atom stereocenters. The first-order chi connectivity index (χ1) is 12.0. The average Bonchev–Trinajstić information content (AvgIpc) is 2.60. The van der Waals surface area contributed by atoms with E-state index in [1.54, 1.807) is 0 Å². The van der Waals surface area contributed by atoms with Crippen molar-refractivity contribution in [1.29, 1.82) is 0 Å². The van der Waals surface area contributed by atoms with E-state index in [-0.39, 0.29) is 5.69 Å². The van der Waals surface area contributed by atoms with E-state index in [2.05, 4.69) is 10.2 Å². The van der Waals surface area contributed by atoms with Gasteiger partial charge in [-0.3, -0.25) is 4.90 Å². The number of nitrogens with zero attached hydrogens (tertiary/aromatic N) is 2. The number of hydrogen-bond donors (Lipinski definition) is 1. The largest absolute Gasteiger partial charge is 0.346 e. The van der Waals surface area contributed by atoms with Crippen LogP contribution in [0.25, 0.3) is 0 Å². The van der Waals surface area contributed by atoms with Crippen LogP contribution >= 0.6 is 23.8 Å². The van der Waals surface area contributed by atoms with Gasteiger partial charge in [-0.25, -0.2) is 8.78 Å². The van der Waals surface area contributed by atoms with Gasteiger partial charge in [0.2, 0.25) is 0 Å². The van der Waals surface area contributed by atoms with Crippen molar-refractivity contribution >= 4 is 34.6 Å². The minimum absolute atomic E-state index is 0.190. The summed E-state index contributed by atoms with van der Waals surface area (Å²) in [7, 11) is 0. The molecule has 0 aromatic heterocycles. The third-order valence-corrected chi connectivity index (χ3v) is 4.76. The van der Waals surface area contributed by atoms with E-state index in [0.717, 1.165) is 43.8 Å². The van der Waals surface area contributed by atoms with Crippen LogP contribution in [0.15, 0.2) is 42.5 Å². The highest BCUT2D eigenvalue weighted by atomic mass is 35.5. The van der Waals surface area contributed by atoms with Gasteiger partial charge in [0.25, 0.3) is 0 Å². The molecule has 25 heavy (non-hydrogen) atoms. The molecule has 3 nitrogen and oxygen atoms in total. The van der Waals surface area contributed by atoms with Gasteiger partial charge >= 0.3 is 0 Å². The van der Waals surface area contributed by atoms with Crippen LogP contribution in [0.2, 0.25) is 5.02 Å². The van der Waals surface area contributed by atoms with Gasteiger partial charge in [0.15, 0.2) is 5.11 Å². The smallest absolute Gasteiger partial charge is 0.173 e. The fourth-order valence-corrected chi connectivity index (χ4v) is 3.16. The lowest BCUT2D eigenvalue weighted by Gasteiger charge is -2.36. The average molecular weight is 382 g/mol. The number of halogens is 3. The molecule has 7 heteroatoms. The Morgan fingerprint density at radius 3 is 2.36 bits per heavy atom. The molecule has 0 aliphatic carbocycles. The number of rotatable bonds is 3. The molecule has 3 rings (SSSR count). The van der Waals surface area contributed by atoms with E-state index < -0.39 is 11.6 Å². The first kappa shape index (κ1) is 18.0. The van der Waals surface area contributed by atoms with E-state index >= 15 is 0 Å². The highest BCUT2D eigenvalue weighted by molar-refractivity contribution is 7.80. The van der Waals surface area contributed by atoms with Crippen molar-refractivity contribution in [2.24, 2.45) is 0 Å². The van der Waals surface area contributed by atoms with Crippen molar-refractivity contribution in [2.75, 3.05) is 31.5 Å². The standard InChI is InChI=1S/C18H18ClF2N3S/c19-14-3-1-13(2-4-14)12-23-7-9-24(10-8-23)18(25)22-17-6-5-15(20)11-16(17)21/h1-6,11H,7-10,12H2,(H,22,25). The van der Waals surface area contributed by atoms with Crippen molar-refractivity contribution in [3.63, 3.8) is 0 Å². The van der Waals surface area contributed by atoms with Crippen molar-refractivity contribution in [1.82, 2.24) is 9.80 Å². The fraction of sp³-hybridized carbons (Fsp3) is 0.278.